The number of ether oxygens (including phenoxy) is 1. The lowest BCUT2D eigenvalue weighted by Gasteiger charge is -2.22. The smallest absolute Gasteiger partial charge is 0.309 e. The maximum atomic E-state index is 11.5. The van der Waals surface area contributed by atoms with Crippen molar-refractivity contribution >= 4 is 5.97 Å². The van der Waals surface area contributed by atoms with E-state index in [1.807, 2.05) is 13.8 Å². The van der Waals surface area contributed by atoms with Crippen molar-refractivity contribution in [3.8, 4) is 0 Å². The van der Waals surface area contributed by atoms with E-state index in [2.05, 4.69) is 18.7 Å². The molecule has 0 fully saturated rings. The maximum absolute atomic E-state index is 11.5. The van der Waals surface area contributed by atoms with Crippen molar-refractivity contribution in [2.24, 2.45) is 5.92 Å². The second kappa shape index (κ2) is 8.72. The van der Waals surface area contributed by atoms with Crippen molar-refractivity contribution in [2.75, 3.05) is 26.2 Å². The van der Waals surface area contributed by atoms with Crippen LogP contribution in [-0.2, 0) is 9.53 Å². The molecule has 0 aliphatic heterocycles. The molecule has 0 saturated carbocycles. The molecule has 90 valence electrons. The Bertz CT molecular complexity index is 171. The minimum atomic E-state index is -0.0635. The van der Waals surface area contributed by atoms with Crippen molar-refractivity contribution in [2.45, 2.75) is 40.5 Å². The molecule has 0 bridgehead atoms. The molecule has 0 spiro atoms. The third kappa shape index (κ3) is 6.50. The summed E-state index contributed by atoms with van der Waals surface area (Å²) < 4.78 is 5.11. The van der Waals surface area contributed by atoms with E-state index in [9.17, 15) is 4.79 Å². The highest BCUT2D eigenvalue weighted by atomic mass is 16.5. The van der Waals surface area contributed by atoms with Crippen LogP contribution in [0.5, 0.6) is 0 Å². The molecule has 0 amide bonds. The number of rotatable bonds is 8. The van der Waals surface area contributed by atoms with Gasteiger partial charge in [0.15, 0.2) is 0 Å². The molecular weight excluding hydrogens is 190 g/mol. The monoisotopic (exact) mass is 215 g/mol. The fourth-order valence-electron chi connectivity index (χ4n) is 1.50. The van der Waals surface area contributed by atoms with Crippen molar-refractivity contribution in [3.05, 3.63) is 0 Å². The zero-order valence-corrected chi connectivity index (χ0v) is 10.6. The van der Waals surface area contributed by atoms with Crippen LogP contribution in [0.4, 0.5) is 0 Å². The van der Waals surface area contributed by atoms with Gasteiger partial charge in [0.2, 0.25) is 0 Å². The Morgan fingerprint density at radius 2 is 1.93 bits per heavy atom. The molecule has 0 heterocycles. The molecule has 0 aromatic carbocycles. The average molecular weight is 215 g/mol. The first-order valence-electron chi connectivity index (χ1n) is 6.04. The first-order valence-corrected chi connectivity index (χ1v) is 6.04. The summed E-state index contributed by atoms with van der Waals surface area (Å²) in [6, 6.07) is 0. The van der Waals surface area contributed by atoms with Gasteiger partial charge in [-0.25, -0.2) is 0 Å². The summed E-state index contributed by atoms with van der Waals surface area (Å²) in [5.74, 6) is -0.0746. The minimum absolute atomic E-state index is 0.0111. The summed E-state index contributed by atoms with van der Waals surface area (Å²) >= 11 is 0. The molecule has 0 rings (SSSR count). The van der Waals surface area contributed by atoms with E-state index in [-0.39, 0.29) is 11.9 Å². The second-order valence-corrected chi connectivity index (χ2v) is 3.96. The molecule has 1 unspecified atom stereocenters. The quantitative estimate of drug-likeness (QED) is 0.582. The summed E-state index contributed by atoms with van der Waals surface area (Å²) in [4.78, 5) is 13.8. The van der Waals surface area contributed by atoms with E-state index in [0.29, 0.717) is 6.61 Å². The predicted octanol–water partition coefficient (Wildman–Crippen LogP) is 2.31. The van der Waals surface area contributed by atoms with Crippen molar-refractivity contribution < 1.29 is 9.53 Å². The van der Waals surface area contributed by atoms with E-state index in [1.165, 1.54) is 0 Å². The molecule has 0 aliphatic carbocycles. The molecule has 0 aromatic rings. The molecule has 0 radical (unpaired) electrons. The summed E-state index contributed by atoms with van der Waals surface area (Å²) in [7, 11) is 0. The Morgan fingerprint density at radius 1 is 1.27 bits per heavy atom. The largest absolute Gasteiger partial charge is 0.465 e. The number of hydrogen-bond donors (Lipinski definition) is 0. The molecule has 0 N–H and O–H groups in total. The van der Waals surface area contributed by atoms with Gasteiger partial charge in [0, 0.05) is 6.54 Å². The molecule has 1 atom stereocenters. The van der Waals surface area contributed by atoms with Crippen LogP contribution in [0.15, 0.2) is 0 Å². The fourth-order valence-corrected chi connectivity index (χ4v) is 1.50. The average Bonchev–Trinajstić information content (AvgIpc) is 2.24. The Morgan fingerprint density at radius 3 is 2.40 bits per heavy atom. The van der Waals surface area contributed by atoms with Crippen LogP contribution < -0.4 is 0 Å². The van der Waals surface area contributed by atoms with E-state index in [4.69, 9.17) is 4.74 Å². The maximum Gasteiger partial charge on any atom is 0.309 e. The van der Waals surface area contributed by atoms with Crippen LogP contribution in [0.2, 0.25) is 0 Å². The molecule has 0 aromatic heterocycles. The summed E-state index contributed by atoms with van der Waals surface area (Å²) in [6.45, 7) is 11.6. The molecule has 3 heteroatoms. The van der Waals surface area contributed by atoms with Gasteiger partial charge in [-0.15, -0.1) is 0 Å². The third-order valence-corrected chi connectivity index (χ3v) is 2.37. The molecule has 15 heavy (non-hydrogen) atoms. The SMILES string of the molecule is CCCOC(=O)C(C)CN(CC)CCC. The lowest BCUT2D eigenvalue weighted by atomic mass is 10.1. The summed E-state index contributed by atoms with van der Waals surface area (Å²) in [5.41, 5.74) is 0. The molecule has 0 saturated heterocycles. The highest BCUT2D eigenvalue weighted by Gasteiger charge is 2.16. The van der Waals surface area contributed by atoms with Gasteiger partial charge in [-0.05, 0) is 25.9 Å². The highest BCUT2D eigenvalue weighted by Crippen LogP contribution is 2.03. The van der Waals surface area contributed by atoms with Gasteiger partial charge in [-0.3, -0.25) is 4.79 Å². The normalized spacial score (nSPS) is 12.9. The van der Waals surface area contributed by atoms with Gasteiger partial charge >= 0.3 is 5.97 Å². The first-order chi connectivity index (χ1) is 7.15. The number of hydrogen-bond acceptors (Lipinski definition) is 3. The van der Waals surface area contributed by atoms with Crippen LogP contribution in [0.3, 0.4) is 0 Å². The zero-order chi connectivity index (χ0) is 11.7. The van der Waals surface area contributed by atoms with E-state index in [1.54, 1.807) is 0 Å². The zero-order valence-electron chi connectivity index (χ0n) is 10.6. The second-order valence-electron chi connectivity index (χ2n) is 3.96. The molecule has 3 nitrogen and oxygen atoms in total. The number of nitrogens with zero attached hydrogens (tertiary/aromatic N) is 1. The number of esters is 1. The fraction of sp³-hybridized carbons (Fsp3) is 0.917. The Kier molecular flexibility index (Phi) is 8.38. The van der Waals surface area contributed by atoms with Crippen molar-refractivity contribution in [1.29, 1.82) is 0 Å². The lowest BCUT2D eigenvalue weighted by Crippen LogP contribution is -2.33. The van der Waals surface area contributed by atoms with E-state index in [0.717, 1.165) is 32.5 Å². The minimum Gasteiger partial charge on any atom is -0.465 e. The van der Waals surface area contributed by atoms with E-state index >= 15 is 0 Å². The molecular formula is C12H25NO2. The number of carbonyl (C=O) groups is 1. The third-order valence-electron chi connectivity index (χ3n) is 2.37. The lowest BCUT2D eigenvalue weighted by molar-refractivity contribution is -0.148. The van der Waals surface area contributed by atoms with Gasteiger partial charge in [0.1, 0.15) is 0 Å². The predicted molar refractivity (Wildman–Crippen MR) is 62.8 cm³/mol. The van der Waals surface area contributed by atoms with Crippen LogP contribution >= 0.6 is 0 Å². The summed E-state index contributed by atoms with van der Waals surface area (Å²) in [5, 5.41) is 0. The Balaban J connectivity index is 3.86. The highest BCUT2D eigenvalue weighted by molar-refractivity contribution is 5.72. The van der Waals surface area contributed by atoms with Crippen molar-refractivity contribution in [1.82, 2.24) is 4.90 Å². The van der Waals surface area contributed by atoms with Crippen molar-refractivity contribution in [3.63, 3.8) is 0 Å². The first kappa shape index (κ1) is 14.4. The summed E-state index contributed by atoms with van der Waals surface area (Å²) in [6.07, 6.45) is 2.02. The van der Waals surface area contributed by atoms with E-state index < -0.39 is 0 Å². The van der Waals surface area contributed by atoms with Gasteiger partial charge < -0.3 is 9.64 Å². The van der Waals surface area contributed by atoms with Gasteiger partial charge in [-0.2, -0.15) is 0 Å². The Labute approximate surface area is 93.8 Å². The van der Waals surface area contributed by atoms with Crippen LogP contribution in [0.1, 0.15) is 40.5 Å². The topological polar surface area (TPSA) is 29.5 Å². The van der Waals surface area contributed by atoms with Gasteiger partial charge in [0.25, 0.3) is 0 Å². The van der Waals surface area contributed by atoms with Gasteiger partial charge in [0.05, 0.1) is 12.5 Å². The van der Waals surface area contributed by atoms with Crippen LogP contribution in [0.25, 0.3) is 0 Å². The standard InChI is InChI=1S/C12H25NO2/c1-5-8-13(7-3)10-11(4)12(14)15-9-6-2/h11H,5-10H2,1-4H3. The van der Waals surface area contributed by atoms with Crippen LogP contribution in [0, 0.1) is 5.92 Å². The van der Waals surface area contributed by atoms with Gasteiger partial charge in [-0.1, -0.05) is 27.7 Å². The number of carbonyl (C=O) groups excluding carboxylic acids is 1. The Hall–Kier alpha value is -0.570. The van der Waals surface area contributed by atoms with Crippen LogP contribution in [-0.4, -0.2) is 37.1 Å². The molecule has 0 aliphatic rings.